The van der Waals surface area contributed by atoms with Crippen LogP contribution < -0.4 is 0 Å². The van der Waals surface area contributed by atoms with Crippen molar-refractivity contribution in [3.63, 3.8) is 0 Å². The maximum Gasteiger partial charge on any atom is 0.154 e. The molecule has 3 aromatic carbocycles. The molecule has 1 aliphatic rings. The van der Waals surface area contributed by atoms with Crippen LogP contribution in [0.4, 0.5) is 0 Å². The molecular weight excluding hydrogens is 404 g/mol. The van der Waals surface area contributed by atoms with Crippen LogP contribution in [0.2, 0.25) is 0 Å². The Bertz CT molecular complexity index is 720. The zero-order valence-electron chi connectivity index (χ0n) is 18.8. The highest BCUT2D eigenvalue weighted by atomic mass is 16.6. The first-order valence-corrected chi connectivity index (χ1v) is 10.9. The van der Waals surface area contributed by atoms with Gasteiger partial charge in [0.2, 0.25) is 0 Å². The predicted molar refractivity (Wildman–Crippen MR) is 128 cm³/mol. The molecule has 0 amide bonds. The minimum atomic E-state index is -0.454. The van der Waals surface area contributed by atoms with Crippen LogP contribution in [0.5, 0.6) is 0 Å². The van der Waals surface area contributed by atoms with Crippen LogP contribution in [0.25, 0.3) is 0 Å². The van der Waals surface area contributed by atoms with Crippen LogP contribution >= 0.6 is 0 Å². The maximum atomic E-state index is 8.54. The molecule has 1 heterocycles. The van der Waals surface area contributed by atoms with E-state index in [0.717, 1.165) is 43.8 Å². The Morgan fingerprint density at radius 3 is 1.44 bits per heavy atom. The molecule has 0 bridgehead atoms. The highest BCUT2D eigenvalue weighted by molar-refractivity contribution is 5.14. The molecule has 1 unspecified atom stereocenters. The van der Waals surface area contributed by atoms with Gasteiger partial charge < -0.3 is 24.8 Å². The number of benzene rings is 3. The van der Waals surface area contributed by atoms with Gasteiger partial charge in [-0.25, -0.2) is 0 Å². The fourth-order valence-corrected chi connectivity index (χ4v) is 2.52. The van der Waals surface area contributed by atoms with Gasteiger partial charge in [0.15, 0.2) is 6.29 Å². The number of ether oxygens (including phenoxy) is 2. The molecule has 1 atom stereocenters. The maximum absolute atomic E-state index is 8.54. The van der Waals surface area contributed by atoms with Gasteiger partial charge in [0, 0.05) is 19.6 Å². The largest absolute Gasteiger partial charge is 0.392 e. The lowest BCUT2D eigenvalue weighted by atomic mass is 10.2. The quantitative estimate of drug-likeness (QED) is 0.536. The normalized spacial score (nSPS) is 14.1. The first-order valence-electron chi connectivity index (χ1n) is 10.9. The SMILES string of the molecule is CCOCc1ccccc1.OC1CCCO1.OCc1ccccc1.OCc1ccccc1. The second-order valence-electron chi connectivity index (χ2n) is 6.88. The summed E-state index contributed by atoms with van der Waals surface area (Å²) in [5, 5.41) is 25.6. The third kappa shape index (κ3) is 14.5. The summed E-state index contributed by atoms with van der Waals surface area (Å²) in [4.78, 5) is 0. The Hall–Kier alpha value is -2.54. The summed E-state index contributed by atoms with van der Waals surface area (Å²) in [5.74, 6) is 0. The average molecular weight is 441 g/mol. The second-order valence-corrected chi connectivity index (χ2v) is 6.88. The summed E-state index contributed by atoms with van der Waals surface area (Å²) >= 11 is 0. The molecule has 0 radical (unpaired) electrons. The highest BCUT2D eigenvalue weighted by Gasteiger charge is 2.09. The zero-order chi connectivity index (χ0) is 23.3. The number of hydrogen-bond donors (Lipinski definition) is 3. The van der Waals surface area contributed by atoms with Gasteiger partial charge in [-0.1, -0.05) is 91.0 Å². The van der Waals surface area contributed by atoms with Crippen LogP contribution in [-0.2, 0) is 29.3 Å². The fourth-order valence-electron chi connectivity index (χ4n) is 2.52. The van der Waals surface area contributed by atoms with Crippen molar-refractivity contribution in [2.75, 3.05) is 13.2 Å². The second kappa shape index (κ2) is 19.2. The van der Waals surface area contributed by atoms with E-state index in [1.54, 1.807) is 0 Å². The highest BCUT2D eigenvalue weighted by Crippen LogP contribution is 2.07. The summed E-state index contributed by atoms with van der Waals surface area (Å²) in [6, 6.07) is 29.2. The molecule has 3 aromatic rings. The fraction of sp³-hybridized carbons (Fsp3) is 0.333. The minimum absolute atomic E-state index is 0.140. The summed E-state index contributed by atoms with van der Waals surface area (Å²) in [6.07, 6.45) is 1.38. The molecule has 1 fully saturated rings. The van der Waals surface area contributed by atoms with Crippen molar-refractivity contribution in [1.29, 1.82) is 0 Å². The molecule has 4 rings (SSSR count). The molecule has 174 valence electrons. The molecule has 3 N–H and O–H groups in total. The monoisotopic (exact) mass is 440 g/mol. The predicted octanol–water partition coefficient (Wildman–Crippen LogP) is 4.70. The lowest BCUT2D eigenvalue weighted by Gasteiger charge is -1.98. The first-order chi connectivity index (χ1) is 15.7. The van der Waals surface area contributed by atoms with Gasteiger partial charge in [-0.2, -0.15) is 0 Å². The number of aliphatic hydroxyl groups is 3. The van der Waals surface area contributed by atoms with E-state index in [-0.39, 0.29) is 13.2 Å². The van der Waals surface area contributed by atoms with Crippen LogP contribution in [-0.4, -0.2) is 34.8 Å². The van der Waals surface area contributed by atoms with Crippen molar-refractivity contribution in [2.45, 2.75) is 45.9 Å². The first kappa shape index (κ1) is 27.5. The van der Waals surface area contributed by atoms with Crippen molar-refractivity contribution in [2.24, 2.45) is 0 Å². The van der Waals surface area contributed by atoms with Gasteiger partial charge in [0.25, 0.3) is 0 Å². The van der Waals surface area contributed by atoms with Gasteiger partial charge in [0.1, 0.15) is 0 Å². The van der Waals surface area contributed by atoms with Crippen molar-refractivity contribution >= 4 is 0 Å². The van der Waals surface area contributed by atoms with E-state index in [0.29, 0.717) is 0 Å². The van der Waals surface area contributed by atoms with E-state index in [2.05, 4.69) is 12.1 Å². The van der Waals surface area contributed by atoms with E-state index in [1.807, 2.05) is 85.8 Å². The van der Waals surface area contributed by atoms with Crippen molar-refractivity contribution < 1.29 is 24.8 Å². The number of rotatable bonds is 5. The van der Waals surface area contributed by atoms with Gasteiger partial charge >= 0.3 is 0 Å². The molecular formula is C27H36O5. The van der Waals surface area contributed by atoms with E-state index in [4.69, 9.17) is 24.8 Å². The lowest BCUT2D eigenvalue weighted by molar-refractivity contribution is -0.0589. The third-order valence-electron chi connectivity index (χ3n) is 4.27. The number of aliphatic hydroxyl groups excluding tert-OH is 3. The average Bonchev–Trinajstić information content (AvgIpc) is 3.36. The van der Waals surface area contributed by atoms with Crippen LogP contribution in [0.3, 0.4) is 0 Å². The molecule has 0 spiro atoms. The summed E-state index contributed by atoms with van der Waals surface area (Å²) < 4.78 is 9.93. The van der Waals surface area contributed by atoms with Crippen LogP contribution in [0, 0.1) is 0 Å². The lowest BCUT2D eigenvalue weighted by Crippen LogP contribution is -1.99. The Morgan fingerprint density at radius 2 is 1.19 bits per heavy atom. The summed E-state index contributed by atoms with van der Waals surface area (Å²) in [7, 11) is 0. The molecule has 0 aliphatic carbocycles. The van der Waals surface area contributed by atoms with E-state index in [1.165, 1.54) is 5.56 Å². The van der Waals surface area contributed by atoms with Crippen LogP contribution in [0.15, 0.2) is 91.0 Å². The van der Waals surface area contributed by atoms with E-state index >= 15 is 0 Å². The molecule has 0 aromatic heterocycles. The van der Waals surface area contributed by atoms with Crippen molar-refractivity contribution in [3.05, 3.63) is 108 Å². The molecule has 0 saturated carbocycles. The Morgan fingerprint density at radius 1 is 0.750 bits per heavy atom. The summed E-state index contributed by atoms with van der Waals surface area (Å²) in [5.41, 5.74) is 3.17. The summed E-state index contributed by atoms with van der Waals surface area (Å²) in [6.45, 7) is 4.54. The topological polar surface area (TPSA) is 79.2 Å². The van der Waals surface area contributed by atoms with Gasteiger partial charge in [-0.05, 0) is 30.0 Å². The Labute approximate surface area is 191 Å². The van der Waals surface area contributed by atoms with E-state index < -0.39 is 6.29 Å². The molecule has 32 heavy (non-hydrogen) atoms. The smallest absolute Gasteiger partial charge is 0.154 e. The van der Waals surface area contributed by atoms with Gasteiger partial charge in [-0.15, -0.1) is 0 Å². The van der Waals surface area contributed by atoms with Crippen molar-refractivity contribution in [1.82, 2.24) is 0 Å². The third-order valence-corrected chi connectivity index (χ3v) is 4.27. The molecule has 1 saturated heterocycles. The van der Waals surface area contributed by atoms with E-state index in [9.17, 15) is 0 Å². The van der Waals surface area contributed by atoms with Crippen LogP contribution in [0.1, 0.15) is 36.5 Å². The Balaban J connectivity index is 0.000000216. The minimum Gasteiger partial charge on any atom is -0.392 e. The zero-order valence-corrected chi connectivity index (χ0v) is 18.8. The van der Waals surface area contributed by atoms with Crippen molar-refractivity contribution in [3.8, 4) is 0 Å². The number of hydrogen-bond acceptors (Lipinski definition) is 5. The molecule has 5 heteroatoms. The molecule has 1 aliphatic heterocycles. The Kier molecular flexibility index (Phi) is 16.5. The van der Waals surface area contributed by atoms with Gasteiger partial charge in [-0.3, -0.25) is 0 Å². The van der Waals surface area contributed by atoms with Gasteiger partial charge in [0.05, 0.1) is 19.8 Å². The molecule has 5 nitrogen and oxygen atoms in total. The standard InChI is InChI=1S/C9H12O.2C7H8O.C4H8O2/c1-2-10-8-9-6-4-3-5-7-9;2*8-6-7-4-2-1-3-5-7;5-4-2-1-3-6-4/h3-7H,2,8H2,1H3;2*1-5,8H,6H2;4-5H,1-3H2.